The maximum Gasteiger partial charge on any atom is 0.238 e. The molecule has 1 amide bonds. The van der Waals surface area contributed by atoms with Gasteiger partial charge < -0.3 is 15.4 Å². The molecule has 0 heterocycles. The number of amides is 1. The highest BCUT2D eigenvalue weighted by Gasteiger charge is 2.11. The average molecular weight is 306 g/mol. The smallest absolute Gasteiger partial charge is 0.238 e. The van der Waals surface area contributed by atoms with Crippen molar-refractivity contribution in [2.75, 3.05) is 19.0 Å². The molecule has 6 heteroatoms. The quantitative estimate of drug-likeness (QED) is 0.863. The van der Waals surface area contributed by atoms with Gasteiger partial charge in [0.25, 0.3) is 0 Å². The lowest BCUT2D eigenvalue weighted by molar-refractivity contribution is -0.115. The molecule has 2 aromatic carbocycles. The van der Waals surface area contributed by atoms with E-state index in [2.05, 4.69) is 10.6 Å². The van der Waals surface area contributed by atoms with Crippen molar-refractivity contribution in [1.82, 2.24) is 5.32 Å². The van der Waals surface area contributed by atoms with Crippen LogP contribution >= 0.6 is 0 Å². The Labute approximate surface area is 127 Å². The lowest BCUT2D eigenvalue weighted by Crippen LogP contribution is -2.28. The largest absolute Gasteiger partial charge is 0.496 e. The number of halogens is 2. The molecule has 116 valence electrons. The van der Waals surface area contributed by atoms with Crippen LogP contribution in [0.4, 0.5) is 14.5 Å². The molecule has 0 aliphatic rings. The summed E-state index contributed by atoms with van der Waals surface area (Å²) < 4.78 is 32.0. The lowest BCUT2D eigenvalue weighted by atomic mass is 10.2. The maximum absolute atomic E-state index is 13.4. The number of hydrogen-bond acceptors (Lipinski definition) is 3. The van der Waals surface area contributed by atoms with Gasteiger partial charge in [-0.3, -0.25) is 4.79 Å². The van der Waals surface area contributed by atoms with Crippen LogP contribution in [-0.4, -0.2) is 19.6 Å². The van der Waals surface area contributed by atoms with Crippen LogP contribution in [0.15, 0.2) is 42.5 Å². The van der Waals surface area contributed by atoms with Crippen molar-refractivity contribution in [2.24, 2.45) is 0 Å². The molecule has 0 saturated heterocycles. The zero-order chi connectivity index (χ0) is 15.9. The molecular weight excluding hydrogens is 290 g/mol. The Kier molecular flexibility index (Phi) is 5.43. The predicted molar refractivity (Wildman–Crippen MR) is 79.7 cm³/mol. The van der Waals surface area contributed by atoms with Crippen LogP contribution < -0.4 is 15.4 Å². The summed E-state index contributed by atoms with van der Waals surface area (Å²) in [5, 5.41) is 5.11. The van der Waals surface area contributed by atoms with Gasteiger partial charge in [0, 0.05) is 12.1 Å². The maximum atomic E-state index is 13.4. The van der Waals surface area contributed by atoms with Gasteiger partial charge >= 0.3 is 0 Å². The second kappa shape index (κ2) is 7.51. The molecule has 2 N–H and O–H groups in total. The zero-order valence-electron chi connectivity index (χ0n) is 12.0. The third kappa shape index (κ3) is 4.02. The van der Waals surface area contributed by atoms with Crippen LogP contribution in [0, 0.1) is 11.6 Å². The lowest BCUT2D eigenvalue weighted by Gasteiger charge is -2.10. The van der Waals surface area contributed by atoms with Crippen molar-refractivity contribution in [1.29, 1.82) is 0 Å². The number of nitrogens with one attached hydrogen (secondary N) is 2. The number of methoxy groups -OCH3 is 1. The van der Waals surface area contributed by atoms with Crippen molar-refractivity contribution in [3.8, 4) is 5.75 Å². The van der Waals surface area contributed by atoms with E-state index in [4.69, 9.17) is 4.74 Å². The first-order valence-corrected chi connectivity index (χ1v) is 6.68. The highest BCUT2D eigenvalue weighted by atomic mass is 19.1. The molecule has 0 bridgehead atoms. The number of benzene rings is 2. The van der Waals surface area contributed by atoms with E-state index < -0.39 is 23.2 Å². The fraction of sp³-hybridized carbons (Fsp3) is 0.188. The third-order valence-electron chi connectivity index (χ3n) is 3.02. The van der Waals surface area contributed by atoms with Crippen molar-refractivity contribution in [3.63, 3.8) is 0 Å². The zero-order valence-corrected chi connectivity index (χ0v) is 12.0. The van der Waals surface area contributed by atoms with Gasteiger partial charge in [-0.05, 0) is 18.2 Å². The molecule has 4 nitrogen and oxygen atoms in total. The monoisotopic (exact) mass is 306 g/mol. The van der Waals surface area contributed by atoms with E-state index in [1.54, 1.807) is 7.11 Å². The van der Waals surface area contributed by atoms with Gasteiger partial charge in [0.15, 0.2) is 0 Å². The number of hydrogen-bond donors (Lipinski definition) is 2. The Morgan fingerprint density at radius 1 is 1.09 bits per heavy atom. The Balaban J connectivity index is 1.88. The molecule has 0 saturated carbocycles. The highest BCUT2D eigenvalue weighted by molar-refractivity contribution is 5.92. The van der Waals surface area contributed by atoms with Gasteiger partial charge in [-0.1, -0.05) is 24.3 Å². The van der Waals surface area contributed by atoms with Crippen molar-refractivity contribution < 1.29 is 18.3 Å². The fourth-order valence-corrected chi connectivity index (χ4v) is 1.96. The van der Waals surface area contributed by atoms with E-state index in [0.29, 0.717) is 12.3 Å². The van der Waals surface area contributed by atoms with Gasteiger partial charge in [0.05, 0.1) is 13.7 Å². The highest BCUT2D eigenvalue weighted by Crippen LogP contribution is 2.18. The molecule has 0 aliphatic heterocycles. The summed E-state index contributed by atoms with van der Waals surface area (Å²) in [6.45, 7) is 0.322. The molecule has 0 spiro atoms. The number of anilines is 1. The second-order valence-corrected chi connectivity index (χ2v) is 4.56. The van der Waals surface area contributed by atoms with Gasteiger partial charge in [-0.15, -0.1) is 0 Å². The average Bonchev–Trinajstić information content (AvgIpc) is 2.51. The summed E-state index contributed by atoms with van der Waals surface area (Å²) >= 11 is 0. The van der Waals surface area contributed by atoms with Gasteiger partial charge in [-0.25, -0.2) is 8.78 Å². The van der Waals surface area contributed by atoms with E-state index in [0.717, 1.165) is 17.7 Å². The van der Waals surface area contributed by atoms with E-state index in [-0.39, 0.29) is 6.54 Å². The first-order chi connectivity index (χ1) is 10.6. The molecule has 0 aromatic heterocycles. The first-order valence-electron chi connectivity index (χ1n) is 6.68. The van der Waals surface area contributed by atoms with Crippen molar-refractivity contribution in [2.45, 2.75) is 6.54 Å². The molecule has 0 unspecified atom stereocenters. The van der Waals surface area contributed by atoms with Crippen molar-refractivity contribution in [3.05, 3.63) is 59.7 Å². The minimum atomic E-state index is -0.807. The molecular formula is C16H16F2N2O2. The van der Waals surface area contributed by atoms with E-state index >= 15 is 0 Å². The van der Waals surface area contributed by atoms with E-state index in [9.17, 15) is 13.6 Å². The predicted octanol–water partition coefficient (Wildman–Crippen LogP) is 2.70. The number of para-hydroxylation sites is 2. The minimum Gasteiger partial charge on any atom is -0.496 e. The van der Waals surface area contributed by atoms with E-state index in [1.807, 2.05) is 24.3 Å². The summed E-state index contributed by atoms with van der Waals surface area (Å²) in [5.41, 5.74) is 0.446. The molecule has 0 aliphatic carbocycles. The van der Waals surface area contributed by atoms with Crippen molar-refractivity contribution >= 4 is 11.6 Å². The fourth-order valence-electron chi connectivity index (χ4n) is 1.96. The number of carbonyl (C=O) groups excluding carboxylic acids is 1. The van der Waals surface area contributed by atoms with Crippen LogP contribution in [0.25, 0.3) is 0 Å². The molecule has 0 radical (unpaired) electrons. The summed E-state index contributed by atoms with van der Waals surface area (Å²) in [6, 6.07) is 10.8. The summed E-state index contributed by atoms with van der Waals surface area (Å²) in [7, 11) is 1.56. The summed E-state index contributed by atoms with van der Waals surface area (Å²) in [6.07, 6.45) is 0. The first kappa shape index (κ1) is 15.9. The summed E-state index contributed by atoms with van der Waals surface area (Å²) in [4.78, 5) is 11.7. The van der Waals surface area contributed by atoms with Gasteiger partial charge in [-0.2, -0.15) is 0 Å². The topological polar surface area (TPSA) is 50.4 Å². The molecule has 22 heavy (non-hydrogen) atoms. The number of carbonyl (C=O) groups is 1. The van der Waals surface area contributed by atoms with Gasteiger partial charge in [0.2, 0.25) is 5.91 Å². The third-order valence-corrected chi connectivity index (χ3v) is 3.02. The Hall–Kier alpha value is -2.47. The molecule has 2 aromatic rings. The van der Waals surface area contributed by atoms with Crippen LogP contribution in [0.5, 0.6) is 5.75 Å². The Morgan fingerprint density at radius 3 is 2.45 bits per heavy atom. The number of rotatable bonds is 6. The Bertz CT molecular complexity index is 642. The molecule has 2 rings (SSSR count). The van der Waals surface area contributed by atoms with Crippen LogP contribution in [0.3, 0.4) is 0 Å². The standard InChI is InChI=1S/C16H16F2N2O2/c1-22-14-8-3-2-5-11(14)9-19-10-15(21)20-16-12(17)6-4-7-13(16)18/h2-8,19H,9-10H2,1H3,(H,20,21). The number of ether oxygens (including phenoxy) is 1. The van der Waals surface area contributed by atoms with Gasteiger partial charge in [0.1, 0.15) is 23.1 Å². The molecule has 0 fully saturated rings. The Morgan fingerprint density at radius 2 is 1.77 bits per heavy atom. The normalized spacial score (nSPS) is 10.3. The van der Waals surface area contributed by atoms with Crippen LogP contribution in [0.2, 0.25) is 0 Å². The van der Waals surface area contributed by atoms with Crippen LogP contribution in [0.1, 0.15) is 5.56 Å². The van der Waals surface area contributed by atoms with Crippen LogP contribution in [-0.2, 0) is 11.3 Å². The molecule has 0 atom stereocenters. The second-order valence-electron chi connectivity index (χ2n) is 4.56. The SMILES string of the molecule is COc1ccccc1CNCC(=O)Nc1c(F)cccc1F. The summed E-state index contributed by atoms with van der Waals surface area (Å²) in [5.74, 6) is -1.44. The van der Waals surface area contributed by atoms with E-state index in [1.165, 1.54) is 6.07 Å². The minimum absolute atomic E-state index is 0.0776.